The molecule has 0 spiro atoms. The van der Waals surface area contributed by atoms with E-state index in [0.717, 1.165) is 15.5 Å². The van der Waals surface area contributed by atoms with Crippen LogP contribution in [0.2, 0.25) is 0 Å². The monoisotopic (exact) mass is 623 g/mol. The first-order chi connectivity index (χ1) is 21.3. The lowest BCUT2D eigenvalue weighted by Crippen LogP contribution is -2.30. The zero-order chi connectivity index (χ0) is 30.9. The van der Waals surface area contributed by atoms with E-state index in [4.69, 9.17) is 0 Å². The average Bonchev–Trinajstić information content (AvgIpc) is 3.45. The molecule has 0 saturated heterocycles. The van der Waals surface area contributed by atoms with E-state index in [0.29, 0.717) is 21.9 Å². The topological polar surface area (TPSA) is 113 Å². The molecular weight excluding hydrogens is 598 g/mol. The van der Waals surface area contributed by atoms with Crippen molar-refractivity contribution in [3.8, 4) is 0 Å². The third-order valence-corrected chi connectivity index (χ3v) is 8.15. The van der Waals surface area contributed by atoms with Gasteiger partial charge in [0.15, 0.2) is 0 Å². The first-order valence-corrected chi connectivity index (χ1v) is 15.1. The van der Waals surface area contributed by atoms with E-state index in [2.05, 4.69) is 26.1 Å². The van der Waals surface area contributed by atoms with Gasteiger partial charge < -0.3 is 10.6 Å². The van der Waals surface area contributed by atoms with Gasteiger partial charge in [-0.25, -0.2) is 4.39 Å². The van der Waals surface area contributed by atoms with E-state index >= 15 is 0 Å². The van der Waals surface area contributed by atoms with Gasteiger partial charge in [-0.15, -0.1) is 22.0 Å². The summed E-state index contributed by atoms with van der Waals surface area (Å²) in [5, 5.41) is 16.8. The molecule has 11 heteroatoms. The molecule has 1 aromatic heterocycles. The highest BCUT2D eigenvalue weighted by molar-refractivity contribution is 8.00. The number of rotatable bonds is 10. The summed E-state index contributed by atoms with van der Waals surface area (Å²) in [6, 6.07) is 30.4. The minimum Gasteiger partial charge on any atom is -0.321 e. The average molecular weight is 624 g/mol. The summed E-state index contributed by atoms with van der Waals surface area (Å²) in [4.78, 5) is 40.5. The fraction of sp³-hybridized carbons (Fsp3) is 0.0606. The van der Waals surface area contributed by atoms with E-state index in [1.165, 1.54) is 53.4 Å². The van der Waals surface area contributed by atoms with Crippen molar-refractivity contribution in [3.63, 3.8) is 0 Å². The summed E-state index contributed by atoms with van der Waals surface area (Å²) >= 11 is 2.60. The van der Waals surface area contributed by atoms with Gasteiger partial charge in [-0.1, -0.05) is 78.1 Å². The Bertz CT molecular complexity index is 1800. The zero-order valence-electron chi connectivity index (χ0n) is 23.4. The molecule has 5 rings (SSSR count). The maximum absolute atomic E-state index is 13.5. The molecule has 3 N–H and O–H groups in total. The number of amides is 3. The van der Waals surface area contributed by atoms with Crippen LogP contribution >= 0.6 is 23.1 Å². The number of thioether (sulfide) groups is 1. The van der Waals surface area contributed by atoms with Crippen molar-refractivity contribution < 1.29 is 18.8 Å². The van der Waals surface area contributed by atoms with E-state index in [-0.39, 0.29) is 11.6 Å². The van der Waals surface area contributed by atoms with Crippen LogP contribution in [-0.4, -0.2) is 27.9 Å². The number of hydrogen-bond donors (Lipinski definition) is 3. The number of benzene rings is 4. The number of aromatic nitrogens is 2. The lowest BCUT2D eigenvalue weighted by Gasteiger charge is -2.17. The van der Waals surface area contributed by atoms with Gasteiger partial charge in [0.2, 0.25) is 11.0 Å². The first kappa shape index (κ1) is 30.3. The van der Waals surface area contributed by atoms with E-state index < -0.39 is 22.9 Å². The molecular formula is C33H26FN5O3S2. The van der Waals surface area contributed by atoms with Crippen molar-refractivity contribution in [3.05, 3.63) is 142 Å². The molecule has 220 valence electrons. The minimum absolute atomic E-state index is 0.0302. The Labute approximate surface area is 261 Å². The second-order valence-corrected chi connectivity index (χ2v) is 11.8. The van der Waals surface area contributed by atoms with Crippen LogP contribution in [0.1, 0.15) is 31.7 Å². The number of nitrogens with one attached hydrogen (secondary N) is 3. The summed E-state index contributed by atoms with van der Waals surface area (Å²) in [5.74, 6) is -1.73. The summed E-state index contributed by atoms with van der Waals surface area (Å²) in [6.45, 7) is 1.81. The molecule has 1 unspecified atom stereocenters. The number of halogens is 1. The third-order valence-electron chi connectivity index (χ3n) is 6.15. The van der Waals surface area contributed by atoms with Gasteiger partial charge in [-0.2, -0.15) is 0 Å². The molecule has 0 bridgehead atoms. The van der Waals surface area contributed by atoms with Gasteiger partial charge in [0.05, 0.1) is 0 Å². The van der Waals surface area contributed by atoms with E-state index in [1.807, 2.05) is 43.3 Å². The van der Waals surface area contributed by atoms with Crippen molar-refractivity contribution >= 4 is 57.7 Å². The Morgan fingerprint density at radius 2 is 1.55 bits per heavy atom. The molecule has 44 heavy (non-hydrogen) atoms. The van der Waals surface area contributed by atoms with Crippen LogP contribution in [0.5, 0.6) is 0 Å². The Hall–Kier alpha value is -5.13. The second kappa shape index (κ2) is 14.4. The summed E-state index contributed by atoms with van der Waals surface area (Å²) < 4.78 is 13.5. The first-order valence-electron chi connectivity index (χ1n) is 13.4. The number of carbonyl (C=O) groups is 3. The number of carbonyl (C=O) groups excluding carboxylic acids is 3. The number of anilines is 2. The predicted molar refractivity (Wildman–Crippen MR) is 172 cm³/mol. The van der Waals surface area contributed by atoms with Crippen LogP contribution in [0.4, 0.5) is 15.2 Å². The number of nitrogens with zero attached hydrogens (tertiary/aromatic N) is 2. The zero-order valence-corrected chi connectivity index (χ0v) is 25.0. The number of aryl methyl sites for hydroxylation is 1. The van der Waals surface area contributed by atoms with E-state index in [9.17, 15) is 18.8 Å². The maximum Gasteiger partial charge on any atom is 0.272 e. The lowest BCUT2D eigenvalue weighted by atomic mass is 10.1. The second-order valence-electron chi connectivity index (χ2n) is 9.44. The number of hydrogen-bond acceptors (Lipinski definition) is 7. The highest BCUT2D eigenvalue weighted by atomic mass is 32.2. The van der Waals surface area contributed by atoms with Gasteiger partial charge >= 0.3 is 0 Å². The largest absolute Gasteiger partial charge is 0.321 e. The van der Waals surface area contributed by atoms with Crippen LogP contribution < -0.4 is 16.0 Å². The summed E-state index contributed by atoms with van der Waals surface area (Å²) in [6.07, 6.45) is 1.47. The van der Waals surface area contributed by atoms with Gasteiger partial charge in [0.25, 0.3) is 11.8 Å². The molecule has 3 amide bonds. The van der Waals surface area contributed by atoms with Gasteiger partial charge in [-0.05, 0) is 66.6 Å². The smallest absolute Gasteiger partial charge is 0.272 e. The predicted octanol–water partition coefficient (Wildman–Crippen LogP) is 6.87. The fourth-order valence-electron chi connectivity index (χ4n) is 4.07. The lowest BCUT2D eigenvalue weighted by molar-refractivity contribution is -0.116. The Morgan fingerprint density at radius 1 is 0.841 bits per heavy atom. The van der Waals surface area contributed by atoms with Crippen molar-refractivity contribution in [1.82, 2.24) is 15.5 Å². The maximum atomic E-state index is 13.5. The fourth-order valence-corrected chi connectivity index (χ4v) is 5.75. The van der Waals surface area contributed by atoms with Gasteiger partial charge in [-0.3, -0.25) is 19.7 Å². The minimum atomic E-state index is -0.620. The third kappa shape index (κ3) is 8.24. The molecule has 0 saturated carbocycles. The van der Waals surface area contributed by atoms with Gasteiger partial charge in [0, 0.05) is 16.1 Å². The Balaban J connectivity index is 1.37. The van der Waals surface area contributed by atoms with Gasteiger partial charge in [0.1, 0.15) is 21.8 Å². The molecule has 4 aromatic carbocycles. The van der Waals surface area contributed by atoms with Crippen LogP contribution in [-0.2, 0) is 9.59 Å². The molecule has 1 atom stereocenters. The quantitative estimate of drug-likeness (QED) is 0.116. The van der Waals surface area contributed by atoms with E-state index in [1.54, 1.807) is 48.5 Å². The highest BCUT2D eigenvalue weighted by Gasteiger charge is 2.24. The van der Waals surface area contributed by atoms with Crippen LogP contribution in [0.3, 0.4) is 0 Å². The Morgan fingerprint density at radius 3 is 2.23 bits per heavy atom. The standard InChI is InChI=1S/C33H26FN5O3S2/c1-21-38-39-33(43-21)37-32(42)29(23-9-4-2-5-10-23)44-27-14-8-13-26(20-27)35-31(41)28(19-22-15-17-25(34)18-16-22)36-30(40)24-11-6-3-7-12-24/h2-20,29H,1H3,(H,35,41)(H,36,40)(H,37,39,42)/b28-19-. The Kier molecular flexibility index (Phi) is 9.90. The van der Waals surface area contributed by atoms with Crippen LogP contribution in [0.15, 0.2) is 120 Å². The van der Waals surface area contributed by atoms with Crippen molar-refractivity contribution in [2.24, 2.45) is 0 Å². The normalized spacial score (nSPS) is 11.8. The molecule has 0 aliphatic heterocycles. The summed E-state index contributed by atoms with van der Waals surface area (Å²) in [7, 11) is 0. The van der Waals surface area contributed by atoms with Crippen molar-refractivity contribution in [1.29, 1.82) is 0 Å². The molecule has 0 aliphatic carbocycles. The SMILES string of the molecule is Cc1nnc(NC(=O)C(Sc2cccc(NC(=O)/C(=C/c3ccc(F)cc3)NC(=O)c3ccccc3)c2)c2ccccc2)s1. The highest BCUT2D eigenvalue weighted by Crippen LogP contribution is 2.37. The molecule has 0 fully saturated rings. The van der Waals surface area contributed by atoms with Crippen LogP contribution in [0.25, 0.3) is 6.08 Å². The molecule has 5 aromatic rings. The van der Waals surface area contributed by atoms with Crippen LogP contribution in [0, 0.1) is 12.7 Å². The van der Waals surface area contributed by atoms with Crippen molar-refractivity contribution in [2.45, 2.75) is 17.1 Å². The molecule has 0 aliphatic rings. The molecule has 1 heterocycles. The molecule has 8 nitrogen and oxygen atoms in total. The van der Waals surface area contributed by atoms with Crippen molar-refractivity contribution in [2.75, 3.05) is 10.6 Å². The summed E-state index contributed by atoms with van der Waals surface area (Å²) in [5.41, 5.74) is 2.11. The molecule has 0 radical (unpaired) electrons.